The molecule has 0 aromatic rings. The lowest BCUT2D eigenvalue weighted by Crippen LogP contribution is -1.87. The van der Waals surface area contributed by atoms with Gasteiger partial charge in [0, 0.05) is 12.6 Å². The molecule has 4 heteroatoms. The molecule has 7 heavy (non-hydrogen) atoms. The van der Waals surface area contributed by atoms with Crippen LogP contribution in [0.15, 0.2) is 0 Å². The van der Waals surface area contributed by atoms with Crippen molar-refractivity contribution in [3.63, 3.8) is 0 Å². The van der Waals surface area contributed by atoms with Crippen LogP contribution in [0.2, 0.25) is 0 Å². The van der Waals surface area contributed by atoms with Crippen molar-refractivity contribution in [2.45, 2.75) is 13.0 Å². The van der Waals surface area contributed by atoms with Crippen molar-refractivity contribution in [3.05, 3.63) is 0 Å². The number of hydrogen-bond donors (Lipinski definition) is 2. The average molecular weight is 121 g/mol. The summed E-state index contributed by atoms with van der Waals surface area (Å²) in [5, 5.41) is 0. The third-order valence-corrected chi connectivity index (χ3v) is 2.07. The maximum absolute atomic E-state index is 8.41. The lowest BCUT2D eigenvalue weighted by atomic mass is 10.6. The summed E-state index contributed by atoms with van der Waals surface area (Å²) in [6.07, 6.45) is 0. The molecule has 0 aromatic heterocycles. The normalized spacial score (nSPS) is 39.4. The van der Waals surface area contributed by atoms with Gasteiger partial charge >= 0.3 is 0 Å². The van der Waals surface area contributed by atoms with Crippen molar-refractivity contribution in [3.8, 4) is 0 Å². The molecule has 2 N–H and O–H groups in total. The van der Waals surface area contributed by atoms with E-state index in [0.717, 1.165) is 6.54 Å². The second-order valence-corrected chi connectivity index (χ2v) is 2.79. The van der Waals surface area contributed by atoms with E-state index in [9.17, 15) is 0 Å². The zero-order chi connectivity index (χ0) is 5.44. The van der Waals surface area contributed by atoms with Gasteiger partial charge in [0.15, 0.2) is 0 Å². The summed E-state index contributed by atoms with van der Waals surface area (Å²) in [4.78, 5) is 16.8. The first-order chi connectivity index (χ1) is 3.22. The van der Waals surface area contributed by atoms with Gasteiger partial charge in [-0.25, -0.2) is 4.67 Å². The molecule has 1 rings (SSSR count). The largest absolute Gasteiger partial charge is 0.338 e. The van der Waals surface area contributed by atoms with Crippen molar-refractivity contribution >= 4 is 8.53 Å². The van der Waals surface area contributed by atoms with Crippen LogP contribution in [0.1, 0.15) is 6.92 Å². The summed E-state index contributed by atoms with van der Waals surface area (Å²) in [5.74, 6) is 0. The van der Waals surface area contributed by atoms with Crippen LogP contribution in [0.4, 0.5) is 0 Å². The van der Waals surface area contributed by atoms with Crippen LogP contribution in [-0.2, 0) is 0 Å². The average Bonchev–Trinajstić information content (AvgIpc) is 2.17. The molecule has 1 aliphatic rings. The molecule has 1 heterocycles. The Balaban J connectivity index is 2.20. The monoisotopic (exact) mass is 121 g/mol. The summed E-state index contributed by atoms with van der Waals surface area (Å²) >= 11 is 0. The summed E-state index contributed by atoms with van der Waals surface area (Å²) in [5.41, 5.74) is 0. The Kier molecular flexibility index (Phi) is 1.30. The summed E-state index contributed by atoms with van der Waals surface area (Å²) < 4.78 is 1.63. The lowest BCUT2D eigenvalue weighted by molar-refractivity contribution is 0.436. The van der Waals surface area contributed by atoms with E-state index in [0.29, 0.717) is 6.04 Å². The Labute approximate surface area is 43.5 Å². The van der Waals surface area contributed by atoms with E-state index in [1.807, 2.05) is 6.92 Å². The molecule has 2 unspecified atom stereocenters. The predicted molar refractivity (Wildman–Crippen MR) is 27.5 cm³/mol. The van der Waals surface area contributed by atoms with Gasteiger partial charge in [0.1, 0.15) is 0 Å². The predicted octanol–water partition coefficient (Wildman–Crippen LogP) is -0.0980. The van der Waals surface area contributed by atoms with E-state index in [1.165, 1.54) is 0 Å². The van der Waals surface area contributed by atoms with E-state index in [1.54, 1.807) is 4.67 Å². The molecule has 0 amide bonds. The Bertz CT molecular complexity index is 77.3. The highest BCUT2D eigenvalue weighted by atomic mass is 31.2. The fraction of sp³-hybridized carbons (Fsp3) is 1.00. The molecular formula is C3H8NO2P. The Hall–Kier alpha value is 0.310. The molecule has 1 aliphatic heterocycles. The smallest absolute Gasteiger partial charge is 0.253 e. The summed E-state index contributed by atoms with van der Waals surface area (Å²) in [7, 11) is -1.75. The Morgan fingerprint density at radius 2 is 2.14 bits per heavy atom. The number of nitrogens with zero attached hydrogens (tertiary/aromatic N) is 1. The third-order valence-electron chi connectivity index (χ3n) is 1.06. The Morgan fingerprint density at radius 3 is 2.14 bits per heavy atom. The molecule has 0 spiro atoms. The van der Waals surface area contributed by atoms with Crippen LogP contribution in [0.5, 0.6) is 0 Å². The number of hydrogen-bond acceptors (Lipinski definition) is 3. The maximum atomic E-state index is 8.41. The highest BCUT2D eigenvalue weighted by molar-refractivity contribution is 7.42. The van der Waals surface area contributed by atoms with E-state index in [2.05, 4.69) is 0 Å². The van der Waals surface area contributed by atoms with E-state index in [4.69, 9.17) is 9.79 Å². The van der Waals surface area contributed by atoms with Crippen molar-refractivity contribution in [1.82, 2.24) is 4.67 Å². The van der Waals surface area contributed by atoms with Crippen LogP contribution in [0.3, 0.4) is 0 Å². The highest BCUT2D eigenvalue weighted by Gasteiger charge is 2.34. The zero-order valence-electron chi connectivity index (χ0n) is 4.07. The van der Waals surface area contributed by atoms with Crippen molar-refractivity contribution in [2.75, 3.05) is 6.54 Å². The summed E-state index contributed by atoms with van der Waals surface area (Å²) in [6.45, 7) is 2.81. The molecular weight excluding hydrogens is 113 g/mol. The molecule has 2 atom stereocenters. The van der Waals surface area contributed by atoms with Gasteiger partial charge in [0.25, 0.3) is 8.53 Å². The minimum atomic E-state index is -1.75. The van der Waals surface area contributed by atoms with Gasteiger partial charge in [0.05, 0.1) is 0 Å². The van der Waals surface area contributed by atoms with Gasteiger partial charge in [-0.1, -0.05) is 0 Å². The first-order valence-corrected chi connectivity index (χ1v) is 3.36. The fourth-order valence-corrected chi connectivity index (χ4v) is 1.21. The van der Waals surface area contributed by atoms with Crippen molar-refractivity contribution in [1.29, 1.82) is 0 Å². The molecule has 0 bridgehead atoms. The van der Waals surface area contributed by atoms with Gasteiger partial charge in [-0.15, -0.1) is 0 Å². The lowest BCUT2D eigenvalue weighted by Gasteiger charge is -1.98. The Morgan fingerprint density at radius 1 is 1.71 bits per heavy atom. The minimum absolute atomic E-state index is 0.404. The van der Waals surface area contributed by atoms with E-state index < -0.39 is 8.53 Å². The molecule has 0 saturated carbocycles. The van der Waals surface area contributed by atoms with Gasteiger partial charge in [-0.05, 0) is 6.92 Å². The first kappa shape index (κ1) is 5.45. The topological polar surface area (TPSA) is 43.5 Å². The minimum Gasteiger partial charge on any atom is -0.338 e. The second-order valence-electron chi connectivity index (χ2n) is 1.74. The quantitative estimate of drug-likeness (QED) is 0.376. The molecule has 42 valence electrons. The third kappa shape index (κ3) is 1.10. The first-order valence-electron chi connectivity index (χ1n) is 2.16. The number of rotatable bonds is 1. The van der Waals surface area contributed by atoms with Crippen LogP contribution in [0.25, 0.3) is 0 Å². The molecule has 1 saturated heterocycles. The molecule has 0 aromatic carbocycles. The highest BCUT2D eigenvalue weighted by Crippen LogP contribution is 2.40. The van der Waals surface area contributed by atoms with Crippen LogP contribution in [-0.4, -0.2) is 27.0 Å². The van der Waals surface area contributed by atoms with Crippen LogP contribution < -0.4 is 0 Å². The SMILES string of the molecule is CC1CN1P(O)O. The molecule has 0 aliphatic carbocycles. The van der Waals surface area contributed by atoms with Crippen LogP contribution in [0, 0.1) is 0 Å². The molecule has 0 radical (unpaired) electrons. The van der Waals surface area contributed by atoms with E-state index in [-0.39, 0.29) is 0 Å². The van der Waals surface area contributed by atoms with Crippen molar-refractivity contribution < 1.29 is 9.79 Å². The molecule has 1 fully saturated rings. The summed E-state index contributed by atoms with van der Waals surface area (Å²) in [6, 6.07) is 0.404. The van der Waals surface area contributed by atoms with Crippen molar-refractivity contribution in [2.24, 2.45) is 0 Å². The van der Waals surface area contributed by atoms with Gasteiger partial charge in [-0.3, -0.25) is 0 Å². The molecule has 3 nitrogen and oxygen atoms in total. The van der Waals surface area contributed by atoms with Gasteiger partial charge in [-0.2, -0.15) is 0 Å². The maximum Gasteiger partial charge on any atom is 0.253 e. The zero-order valence-corrected chi connectivity index (χ0v) is 4.97. The second kappa shape index (κ2) is 1.67. The van der Waals surface area contributed by atoms with E-state index >= 15 is 0 Å². The standard InChI is InChI=1S/C3H8NO2P/c1-3-2-4(3)7(5)6/h3,5-6H,2H2,1H3. The van der Waals surface area contributed by atoms with Crippen LogP contribution >= 0.6 is 8.53 Å². The fourth-order valence-electron chi connectivity index (χ4n) is 0.473. The van der Waals surface area contributed by atoms with Gasteiger partial charge in [0.2, 0.25) is 0 Å². The van der Waals surface area contributed by atoms with Gasteiger partial charge < -0.3 is 9.79 Å².